The fourth-order valence-corrected chi connectivity index (χ4v) is 1.15. The topological polar surface area (TPSA) is 17.1 Å². The van der Waals surface area contributed by atoms with Crippen molar-refractivity contribution < 1.29 is 4.79 Å². The van der Waals surface area contributed by atoms with Gasteiger partial charge >= 0.3 is 0 Å². The van der Waals surface area contributed by atoms with Crippen molar-refractivity contribution >= 4 is 5.78 Å². The summed E-state index contributed by atoms with van der Waals surface area (Å²) in [6.45, 7) is 10.3. The van der Waals surface area contributed by atoms with Crippen LogP contribution in [0, 0.1) is 11.8 Å². The van der Waals surface area contributed by atoms with Crippen LogP contribution in [0.25, 0.3) is 0 Å². The normalized spacial score (nSPS) is 15.0. The van der Waals surface area contributed by atoms with Crippen LogP contribution in [0.1, 0.15) is 41.0 Å². The second kappa shape index (κ2) is 5.13. The number of hydrogen-bond donors (Lipinski definition) is 0. The Morgan fingerprint density at radius 3 is 2.08 bits per heavy atom. The van der Waals surface area contributed by atoms with Gasteiger partial charge in [-0.1, -0.05) is 26.3 Å². The summed E-state index contributed by atoms with van der Waals surface area (Å²) in [5, 5.41) is 0. The van der Waals surface area contributed by atoms with Gasteiger partial charge in [0.1, 0.15) is 0 Å². The van der Waals surface area contributed by atoms with E-state index in [1.54, 1.807) is 13.0 Å². The second-order valence-corrected chi connectivity index (χ2v) is 4.03. The lowest BCUT2D eigenvalue weighted by Crippen LogP contribution is -2.04. The zero-order valence-electron chi connectivity index (χ0n) is 8.85. The van der Waals surface area contributed by atoms with Gasteiger partial charge in [0.15, 0.2) is 5.78 Å². The molecule has 0 radical (unpaired) electrons. The first-order chi connectivity index (χ1) is 5.43. The number of carbonyl (C=O) groups excluding carboxylic acids is 1. The summed E-state index contributed by atoms with van der Waals surface area (Å²) in [5.41, 5.74) is 1.20. The Labute approximate surface area is 75.9 Å². The third-order valence-corrected chi connectivity index (χ3v) is 2.23. The molecule has 0 aromatic rings. The van der Waals surface area contributed by atoms with Gasteiger partial charge in [-0.3, -0.25) is 4.79 Å². The molecule has 0 amide bonds. The highest BCUT2D eigenvalue weighted by molar-refractivity contribution is 5.87. The molecule has 0 N–H and O–H groups in total. The quantitative estimate of drug-likeness (QED) is 0.589. The Bertz CT molecular complexity index is 177. The molecule has 12 heavy (non-hydrogen) atoms. The molecule has 0 aromatic carbocycles. The van der Waals surface area contributed by atoms with E-state index < -0.39 is 0 Å². The molecule has 0 unspecified atom stereocenters. The van der Waals surface area contributed by atoms with Crippen molar-refractivity contribution in [3.63, 3.8) is 0 Å². The monoisotopic (exact) mass is 168 g/mol. The third kappa shape index (κ3) is 5.11. The van der Waals surface area contributed by atoms with Crippen LogP contribution in [0.15, 0.2) is 11.6 Å². The summed E-state index contributed by atoms with van der Waals surface area (Å²) in [6, 6.07) is 0. The number of ketones is 1. The van der Waals surface area contributed by atoms with Crippen LogP contribution in [-0.4, -0.2) is 5.78 Å². The molecule has 1 nitrogen and oxygen atoms in total. The van der Waals surface area contributed by atoms with Crippen molar-refractivity contribution in [2.24, 2.45) is 11.8 Å². The number of hydrogen-bond acceptors (Lipinski definition) is 1. The number of rotatable bonds is 4. The molecule has 0 saturated carbocycles. The van der Waals surface area contributed by atoms with E-state index in [-0.39, 0.29) is 5.78 Å². The van der Waals surface area contributed by atoms with Gasteiger partial charge in [-0.25, -0.2) is 0 Å². The van der Waals surface area contributed by atoms with Gasteiger partial charge in [-0.2, -0.15) is 0 Å². The molecular weight excluding hydrogens is 148 g/mol. The smallest absolute Gasteiger partial charge is 0.152 e. The highest BCUT2D eigenvalue weighted by Crippen LogP contribution is 2.18. The van der Waals surface area contributed by atoms with Gasteiger partial charge in [0.25, 0.3) is 0 Å². The first-order valence-corrected chi connectivity index (χ1v) is 4.61. The zero-order chi connectivity index (χ0) is 9.72. The molecule has 1 atom stereocenters. The average Bonchev–Trinajstić information content (AvgIpc) is 1.84. The first-order valence-electron chi connectivity index (χ1n) is 4.61. The molecule has 0 aromatic heterocycles. The molecule has 1 heteroatoms. The predicted octanol–water partition coefficient (Wildman–Crippen LogP) is 3.20. The van der Waals surface area contributed by atoms with Crippen molar-refractivity contribution in [2.45, 2.75) is 41.0 Å². The van der Waals surface area contributed by atoms with Crippen LogP contribution in [0.4, 0.5) is 0 Å². The van der Waals surface area contributed by atoms with Crippen molar-refractivity contribution in [2.75, 3.05) is 0 Å². The Hall–Kier alpha value is -0.590. The van der Waals surface area contributed by atoms with E-state index in [9.17, 15) is 4.79 Å². The molecular formula is C11H20O. The first kappa shape index (κ1) is 11.4. The maximum absolute atomic E-state index is 10.7. The van der Waals surface area contributed by atoms with Crippen LogP contribution in [0.5, 0.6) is 0 Å². The van der Waals surface area contributed by atoms with Gasteiger partial charge in [0.2, 0.25) is 0 Å². The van der Waals surface area contributed by atoms with Crippen LogP contribution in [-0.2, 0) is 4.79 Å². The lowest BCUT2D eigenvalue weighted by molar-refractivity contribution is -0.112. The molecule has 70 valence electrons. The molecule has 0 rings (SSSR count). The minimum atomic E-state index is 0.156. The molecule has 0 spiro atoms. The fourth-order valence-electron chi connectivity index (χ4n) is 1.15. The van der Waals surface area contributed by atoms with Crippen molar-refractivity contribution in [1.29, 1.82) is 0 Å². The molecule has 0 saturated heterocycles. The summed E-state index contributed by atoms with van der Waals surface area (Å²) < 4.78 is 0. The van der Waals surface area contributed by atoms with Crippen molar-refractivity contribution in [3.05, 3.63) is 11.6 Å². The van der Waals surface area contributed by atoms with E-state index in [1.165, 1.54) is 5.57 Å². The van der Waals surface area contributed by atoms with Gasteiger partial charge in [0, 0.05) is 0 Å². The average molecular weight is 168 g/mol. The Morgan fingerprint density at radius 2 is 1.75 bits per heavy atom. The standard InChI is InChI=1S/C11H20O/c1-8(2)10(4)6-9(3)7-11(5)12/h7-8,10H,6H2,1-5H3/b9-7+/t10-/m0/s1. The van der Waals surface area contributed by atoms with Crippen LogP contribution in [0.2, 0.25) is 0 Å². The lowest BCUT2D eigenvalue weighted by atomic mass is 9.91. The minimum absolute atomic E-state index is 0.156. The van der Waals surface area contributed by atoms with E-state index in [1.807, 2.05) is 6.92 Å². The largest absolute Gasteiger partial charge is 0.295 e. The summed E-state index contributed by atoms with van der Waals surface area (Å²) >= 11 is 0. The second-order valence-electron chi connectivity index (χ2n) is 4.03. The summed E-state index contributed by atoms with van der Waals surface area (Å²) in [4.78, 5) is 10.7. The predicted molar refractivity (Wildman–Crippen MR) is 53.1 cm³/mol. The molecule has 0 aliphatic rings. The van der Waals surface area contributed by atoms with Gasteiger partial charge < -0.3 is 0 Å². The Balaban J connectivity index is 4.00. The van der Waals surface area contributed by atoms with E-state index in [2.05, 4.69) is 20.8 Å². The SMILES string of the molecule is CC(=O)/C=C(\C)C[C@H](C)C(C)C. The van der Waals surface area contributed by atoms with E-state index in [0.717, 1.165) is 6.42 Å². The minimum Gasteiger partial charge on any atom is -0.295 e. The third-order valence-electron chi connectivity index (χ3n) is 2.23. The van der Waals surface area contributed by atoms with Crippen LogP contribution in [0.3, 0.4) is 0 Å². The lowest BCUT2D eigenvalue weighted by Gasteiger charge is -2.15. The maximum atomic E-state index is 10.7. The van der Waals surface area contributed by atoms with Gasteiger partial charge in [-0.15, -0.1) is 0 Å². The van der Waals surface area contributed by atoms with Crippen LogP contribution < -0.4 is 0 Å². The highest BCUT2D eigenvalue weighted by atomic mass is 16.1. The number of carbonyl (C=O) groups is 1. The molecule has 0 aliphatic carbocycles. The Kier molecular flexibility index (Phi) is 4.87. The zero-order valence-corrected chi connectivity index (χ0v) is 8.85. The van der Waals surface area contributed by atoms with Gasteiger partial charge in [-0.05, 0) is 38.2 Å². The number of allylic oxidation sites excluding steroid dienone is 2. The van der Waals surface area contributed by atoms with Gasteiger partial charge in [0.05, 0.1) is 0 Å². The molecule has 0 heterocycles. The highest BCUT2D eigenvalue weighted by Gasteiger charge is 2.07. The molecule has 0 aliphatic heterocycles. The molecule has 0 bridgehead atoms. The fraction of sp³-hybridized carbons (Fsp3) is 0.727. The summed E-state index contributed by atoms with van der Waals surface area (Å²) in [7, 11) is 0. The van der Waals surface area contributed by atoms with E-state index >= 15 is 0 Å². The van der Waals surface area contributed by atoms with Crippen molar-refractivity contribution in [3.8, 4) is 0 Å². The maximum Gasteiger partial charge on any atom is 0.152 e. The summed E-state index contributed by atoms with van der Waals surface area (Å²) in [6.07, 6.45) is 2.77. The Morgan fingerprint density at radius 1 is 1.25 bits per heavy atom. The molecule has 0 fully saturated rings. The van der Waals surface area contributed by atoms with E-state index in [4.69, 9.17) is 0 Å². The van der Waals surface area contributed by atoms with Crippen LogP contribution >= 0.6 is 0 Å². The summed E-state index contributed by atoms with van der Waals surface area (Å²) in [5.74, 6) is 1.52. The van der Waals surface area contributed by atoms with Crippen molar-refractivity contribution in [1.82, 2.24) is 0 Å². The van der Waals surface area contributed by atoms with E-state index in [0.29, 0.717) is 11.8 Å².